The smallest absolute Gasteiger partial charge is 0.410 e. The van der Waals surface area contributed by atoms with Gasteiger partial charge >= 0.3 is 6.09 Å². The second-order valence-electron chi connectivity index (χ2n) is 10.5. The summed E-state index contributed by atoms with van der Waals surface area (Å²) in [5, 5.41) is 0. The Labute approximate surface area is 244 Å². The Morgan fingerprint density at radius 3 is 2.17 bits per heavy atom. The van der Waals surface area contributed by atoms with E-state index in [1.165, 1.54) is 17.0 Å². The molecule has 1 aliphatic heterocycles. The van der Waals surface area contributed by atoms with Gasteiger partial charge in [0.25, 0.3) is 0 Å². The maximum atomic E-state index is 13.8. The van der Waals surface area contributed by atoms with Crippen molar-refractivity contribution in [1.29, 1.82) is 0 Å². The van der Waals surface area contributed by atoms with Crippen LogP contribution in [0.15, 0.2) is 109 Å². The van der Waals surface area contributed by atoms with Crippen molar-refractivity contribution in [3.8, 4) is 16.9 Å². The van der Waals surface area contributed by atoms with Crippen LogP contribution < -0.4 is 4.74 Å². The van der Waals surface area contributed by atoms with Crippen LogP contribution in [0.25, 0.3) is 11.1 Å². The summed E-state index contributed by atoms with van der Waals surface area (Å²) in [6.07, 6.45) is 3.27. The molecule has 6 rings (SSSR count). The van der Waals surface area contributed by atoms with Crippen LogP contribution in [0.2, 0.25) is 0 Å². The molecule has 212 valence electrons. The van der Waals surface area contributed by atoms with Gasteiger partial charge in [-0.2, -0.15) is 0 Å². The van der Waals surface area contributed by atoms with Crippen LogP contribution >= 0.6 is 0 Å². The van der Waals surface area contributed by atoms with Crippen LogP contribution in [-0.4, -0.2) is 48.6 Å². The van der Waals surface area contributed by atoms with Crippen molar-refractivity contribution in [2.75, 3.05) is 26.8 Å². The molecule has 1 atom stereocenters. The first kappa shape index (κ1) is 27.3. The van der Waals surface area contributed by atoms with E-state index in [0.29, 0.717) is 5.75 Å². The van der Waals surface area contributed by atoms with E-state index in [4.69, 9.17) is 9.47 Å². The van der Waals surface area contributed by atoms with Crippen molar-refractivity contribution in [2.45, 2.75) is 18.5 Å². The average molecular weight is 563 g/mol. The van der Waals surface area contributed by atoms with Gasteiger partial charge in [0, 0.05) is 19.0 Å². The maximum absolute atomic E-state index is 13.8. The van der Waals surface area contributed by atoms with Gasteiger partial charge in [-0.15, -0.1) is 0 Å². The van der Waals surface area contributed by atoms with E-state index >= 15 is 0 Å². The molecule has 0 N–H and O–H groups in total. The molecule has 2 amide bonds. The summed E-state index contributed by atoms with van der Waals surface area (Å²) in [7, 11) is 1.60. The van der Waals surface area contributed by atoms with Crippen LogP contribution in [0.1, 0.15) is 34.2 Å². The van der Waals surface area contributed by atoms with Crippen LogP contribution in [0.3, 0.4) is 0 Å². The third-order valence-electron chi connectivity index (χ3n) is 7.94. The number of carbonyl (C=O) groups is 2. The lowest BCUT2D eigenvalue weighted by Crippen LogP contribution is -2.45. The highest BCUT2D eigenvalue weighted by Crippen LogP contribution is 2.44. The maximum Gasteiger partial charge on any atom is 0.410 e. The zero-order valence-electron chi connectivity index (χ0n) is 23.3. The standard InChI is InChI=1S/C35H31FN2O4/c1-41-27-18-14-25(15-19-27)33-11-6-20-37(22-34(39)38(33)21-24-12-16-26(36)17-13-24)35(40)42-23-32-30-9-4-2-7-28(30)29-8-3-5-10-31(29)32/h2-19,32-33H,20-23H2,1H3/b11-6-/t33-/m1/s1. The van der Waals surface area contributed by atoms with Gasteiger partial charge in [-0.1, -0.05) is 84.9 Å². The Hall–Kier alpha value is -4.91. The van der Waals surface area contributed by atoms with Gasteiger partial charge in [0.2, 0.25) is 5.91 Å². The quantitative estimate of drug-likeness (QED) is 0.245. The molecule has 0 unspecified atom stereocenters. The summed E-state index contributed by atoms with van der Waals surface area (Å²) >= 11 is 0. The molecule has 0 bridgehead atoms. The lowest BCUT2D eigenvalue weighted by atomic mass is 9.98. The summed E-state index contributed by atoms with van der Waals surface area (Å²) in [6.45, 7) is 0.516. The van der Waals surface area contributed by atoms with Crippen molar-refractivity contribution in [3.63, 3.8) is 0 Å². The summed E-state index contributed by atoms with van der Waals surface area (Å²) in [4.78, 5) is 30.3. The minimum absolute atomic E-state index is 0.0724. The van der Waals surface area contributed by atoms with E-state index in [1.807, 2.05) is 60.7 Å². The van der Waals surface area contributed by atoms with Crippen LogP contribution in [0, 0.1) is 5.82 Å². The molecule has 42 heavy (non-hydrogen) atoms. The molecule has 4 aromatic rings. The van der Waals surface area contributed by atoms with Crippen LogP contribution in [0.4, 0.5) is 9.18 Å². The summed E-state index contributed by atoms with van der Waals surface area (Å²) in [5.74, 6) is 0.0620. The molecule has 0 aromatic heterocycles. The fourth-order valence-electron chi connectivity index (χ4n) is 5.78. The largest absolute Gasteiger partial charge is 0.497 e. The minimum atomic E-state index is -0.542. The number of hydrogen-bond acceptors (Lipinski definition) is 4. The number of rotatable bonds is 6. The first-order valence-electron chi connectivity index (χ1n) is 14.0. The van der Waals surface area contributed by atoms with Gasteiger partial charge < -0.3 is 14.4 Å². The van der Waals surface area contributed by atoms with Gasteiger partial charge in [-0.05, 0) is 57.6 Å². The van der Waals surface area contributed by atoms with Gasteiger partial charge in [-0.25, -0.2) is 9.18 Å². The third-order valence-corrected chi connectivity index (χ3v) is 7.94. The number of nitrogens with zero attached hydrogens (tertiary/aromatic N) is 2. The van der Waals surface area contributed by atoms with E-state index in [1.54, 1.807) is 24.1 Å². The van der Waals surface area contributed by atoms with E-state index in [0.717, 1.165) is 33.4 Å². The zero-order chi connectivity index (χ0) is 29.1. The van der Waals surface area contributed by atoms with Crippen molar-refractivity contribution < 1.29 is 23.5 Å². The second kappa shape index (κ2) is 11.9. The number of ether oxygens (including phenoxy) is 2. The monoisotopic (exact) mass is 562 g/mol. The predicted molar refractivity (Wildman–Crippen MR) is 158 cm³/mol. The van der Waals surface area contributed by atoms with E-state index < -0.39 is 6.09 Å². The third kappa shape index (κ3) is 5.50. The SMILES string of the molecule is COc1ccc([C@H]2/C=C\CN(C(=O)OCC3c4ccccc4-c4ccccc43)CC(=O)N2Cc2ccc(F)cc2)cc1. The Balaban J connectivity index is 1.22. The fourth-order valence-corrected chi connectivity index (χ4v) is 5.78. The van der Waals surface area contributed by atoms with Gasteiger partial charge in [-0.3, -0.25) is 9.69 Å². The number of hydrogen-bond donors (Lipinski definition) is 0. The van der Waals surface area contributed by atoms with Crippen LogP contribution in [-0.2, 0) is 16.1 Å². The molecule has 6 nitrogen and oxygen atoms in total. The van der Waals surface area contributed by atoms with Crippen molar-refractivity contribution in [1.82, 2.24) is 9.80 Å². The topological polar surface area (TPSA) is 59.1 Å². The molecular weight excluding hydrogens is 531 g/mol. The molecule has 2 aliphatic rings. The van der Waals surface area contributed by atoms with Gasteiger partial charge in [0.15, 0.2) is 0 Å². The normalized spacial score (nSPS) is 17.2. The average Bonchev–Trinajstić information content (AvgIpc) is 3.34. The van der Waals surface area contributed by atoms with E-state index in [9.17, 15) is 14.0 Å². The van der Waals surface area contributed by atoms with E-state index in [2.05, 4.69) is 24.3 Å². The molecule has 7 heteroatoms. The first-order valence-corrected chi connectivity index (χ1v) is 14.0. The number of halogens is 1. The Morgan fingerprint density at radius 2 is 1.52 bits per heavy atom. The number of carbonyl (C=O) groups excluding carboxylic acids is 2. The molecule has 0 radical (unpaired) electrons. The summed E-state index contributed by atoms with van der Waals surface area (Å²) < 4.78 is 24.8. The highest BCUT2D eigenvalue weighted by molar-refractivity contribution is 5.84. The summed E-state index contributed by atoms with van der Waals surface area (Å²) in [5.41, 5.74) is 6.24. The first-order chi connectivity index (χ1) is 20.5. The molecule has 4 aromatic carbocycles. The van der Waals surface area contributed by atoms with Crippen molar-refractivity contribution in [2.24, 2.45) is 0 Å². The molecule has 1 heterocycles. The summed E-state index contributed by atoms with van der Waals surface area (Å²) in [6, 6.07) is 29.6. The van der Waals surface area contributed by atoms with Gasteiger partial charge in [0.1, 0.15) is 24.7 Å². The minimum Gasteiger partial charge on any atom is -0.497 e. The molecule has 0 spiro atoms. The molecular formula is C35H31FN2O4. The lowest BCUT2D eigenvalue weighted by molar-refractivity contribution is -0.134. The Kier molecular flexibility index (Phi) is 7.73. The number of benzene rings is 4. The van der Waals surface area contributed by atoms with Gasteiger partial charge in [0.05, 0.1) is 13.2 Å². The second-order valence-corrected chi connectivity index (χ2v) is 10.5. The molecule has 1 aliphatic carbocycles. The number of methoxy groups -OCH3 is 1. The zero-order valence-corrected chi connectivity index (χ0v) is 23.3. The molecule has 0 saturated heterocycles. The Bertz CT molecular complexity index is 1570. The fraction of sp³-hybridized carbons (Fsp3) is 0.200. The van der Waals surface area contributed by atoms with E-state index in [-0.39, 0.29) is 49.9 Å². The predicted octanol–water partition coefficient (Wildman–Crippen LogP) is 6.73. The number of fused-ring (bicyclic) bond motifs is 3. The lowest BCUT2D eigenvalue weighted by Gasteiger charge is -2.34. The van der Waals surface area contributed by atoms with Crippen molar-refractivity contribution in [3.05, 3.63) is 137 Å². The van der Waals surface area contributed by atoms with Crippen molar-refractivity contribution >= 4 is 12.0 Å². The molecule has 0 saturated carbocycles. The van der Waals surface area contributed by atoms with Crippen LogP contribution in [0.5, 0.6) is 5.75 Å². The Morgan fingerprint density at radius 1 is 0.881 bits per heavy atom. The molecule has 0 fully saturated rings. The highest BCUT2D eigenvalue weighted by atomic mass is 19.1. The highest BCUT2D eigenvalue weighted by Gasteiger charge is 2.32. The number of amides is 2.